The molecule has 0 spiro atoms. The van der Waals surface area contributed by atoms with Gasteiger partial charge >= 0.3 is 5.63 Å². The van der Waals surface area contributed by atoms with Crippen molar-refractivity contribution in [3.63, 3.8) is 0 Å². The number of hydrogen-bond acceptors (Lipinski definition) is 5. The fourth-order valence-electron chi connectivity index (χ4n) is 3.04. The Labute approximate surface area is 173 Å². The Kier molecular flexibility index (Phi) is 6.44. The van der Waals surface area contributed by atoms with Crippen LogP contribution in [-0.4, -0.2) is 19.6 Å². The van der Waals surface area contributed by atoms with Crippen LogP contribution in [-0.2, 0) is 11.2 Å². The largest absolute Gasteiger partial charge is 0.495 e. The van der Waals surface area contributed by atoms with E-state index in [1.807, 2.05) is 19.9 Å². The predicted octanol–water partition coefficient (Wildman–Crippen LogP) is 4.73. The molecule has 3 aromatic rings. The molecule has 0 fully saturated rings. The average molecular weight is 416 g/mol. The van der Waals surface area contributed by atoms with Gasteiger partial charge in [-0.25, -0.2) is 4.79 Å². The highest BCUT2D eigenvalue weighted by molar-refractivity contribution is 6.31. The molecule has 29 heavy (non-hydrogen) atoms. The van der Waals surface area contributed by atoms with E-state index in [9.17, 15) is 9.59 Å². The van der Waals surface area contributed by atoms with E-state index in [1.54, 1.807) is 24.3 Å². The third kappa shape index (κ3) is 4.90. The summed E-state index contributed by atoms with van der Waals surface area (Å²) in [5, 5.41) is 4.17. The van der Waals surface area contributed by atoms with Crippen molar-refractivity contribution in [2.45, 2.75) is 26.7 Å². The minimum Gasteiger partial charge on any atom is -0.495 e. The lowest BCUT2D eigenvalue weighted by molar-refractivity contribution is -0.118. The SMILES string of the molecule is CCCc1cc(=O)oc2cc(OCC(=O)Nc3cc(C)c(Cl)cc3OC)ccc12. The van der Waals surface area contributed by atoms with Gasteiger partial charge in [0.05, 0.1) is 12.8 Å². The summed E-state index contributed by atoms with van der Waals surface area (Å²) < 4.78 is 16.1. The summed E-state index contributed by atoms with van der Waals surface area (Å²) in [6.07, 6.45) is 1.71. The second kappa shape index (κ2) is 9.01. The van der Waals surface area contributed by atoms with E-state index in [4.69, 9.17) is 25.5 Å². The molecule has 0 unspecified atom stereocenters. The maximum atomic E-state index is 12.3. The Morgan fingerprint density at radius 3 is 2.72 bits per heavy atom. The number of hydrogen-bond donors (Lipinski definition) is 1. The van der Waals surface area contributed by atoms with E-state index in [0.29, 0.717) is 27.8 Å². The minimum atomic E-state index is -0.402. The van der Waals surface area contributed by atoms with Crippen molar-refractivity contribution in [3.05, 3.63) is 63.0 Å². The zero-order valence-corrected chi connectivity index (χ0v) is 17.3. The lowest BCUT2D eigenvalue weighted by atomic mass is 10.1. The number of fused-ring (bicyclic) bond motifs is 1. The van der Waals surface area contributed by atoms with Gasteiger partial charge in [-0.05, 0) is 42.7 Å². The van der Waals surface area contributed by atoms with Gasteiger partial charge in [-0.1, -0.05) is 24.9 Å². The van der Waals surface area contributed by atoms with E-state index >= 15 is 0 Å². The molecule has 0 saturated carbocycles. The quantitative estimate of drug-likeness (QED) is 0.564. The molecule has 1 aromatic heterocycles. The maximum Gasteiger partial charge on any atom is 0.336 e. The highest BCUT2D eigenvalue weighted by Crippen LogP contribution is 2.31. The lowest BCUT2D eigenvalue weighted by Gasteiger charge is -2.13. The molecule has 6 nitrogen and oxygen atoms in total. The molecule has 1 heterocycles. The number of methoxy groups -OCH3 is 1. The van der Waals surface area contributed by atoms with Crippen LogP contribution < -0.4 is 20.4 Å². The first-order chi connectivity index (χ1) is 13.9. The predicted molar refractivity (Wildman–Crippen MR) is 113 cm³/mol. The minimum absolute atomic E-state index is 0.213. The first-order valence-corrected chi connectivity index (χ1v) is 9.62. The van der Waals surface area contributed by atoms with Crippen molar-refractivity contribution in [3.8, 4) is 11.5 Å². The van der Waals surface area contributed by atoms with E-state index in [1.165, 1.54) is 13.2 Å². The number of carbonyl (C=O) groups is 1. The van der Waals surface area contributed by atoms with Crippen molar-refractivity contribution < 1.29 is 18.7 Å². The molecule has 2 aromatic carbocycles. The lowest BCUT2D eigenvalue weighted by Crippen LogP contribution is -2.20. The normalized spacial score (nSPS) is 10.8. The molecule has 0 aliphatic heterocycles. The second-order valence-corrected chi connectivity index (χ2v) is 7.04. The summed E-state index contributed by atoms with van der Waals surface area (Å²) in [6, 6.07) is 10.1. The molecule has 0 bridgehead atoms. The zero-order valence-electron chi connectivity index (χ0n) is 16.5. The van der Waals surface area contributed by atoms with Crippen molar-refractivity contribution >= 4 is 34.2 Å². The summed E-state index contributed by atoms with van der Waals surface area (Å²) in [6.45, 7) is 3.67. The smallest absolute Gasteiger partial charge is 0.336 e. The van der Waals surface area contributed by atoms with Gasteiger partial charge in [0.15, 0.2) is 6.61 Å². The molecule has 0 radical (unpaired) electrons. The Bertz CT molecular complexity index is 1110. The van der Waals surface area contributed by atoms with Gasteiger partial charge in [0.1, 0.15) is 17.1 Å². The van der Waals surface area contributed by atoms with Gasteiger partial charge in [-0.3, -0.25) is 4.79 Å². The first kappa shape index (κ1) is 20.7. The van der Waals surface area contributed by atoms with Crippen LogP contribution in [0.5, 0.6) is 11.5 Å². The van der Waals surface area contributed by atoms with Crippen LogP contribution in [0.3, 0.4) is 0 Å². The van der Waals surface area contributed by atoms with Crippen molar-refractivity contribution in [2.75, 3.05) is 19.0 Å². The summed E-state index contributed by atoms with van der Waals surface area (Å²) in [7, 11) is 1.50. The average Bonchev–Trinajstić information content (AvgIpc) is 2.68. The summed E-state index contributed by atoms with van der Waals surface area (Å²) >= 11 is 6.08. The van der Waals surface area contributed by atoms with E-state index < -0.39 is 5.63 Å². The standard InChI is InChI=1S/C22H22ClNO5/c1-4-5-14-9-22(26)29-19-10-15(6-7-16(14)19)28-12-21(25)24-18-8-13(2)17(23)11-20(18)27-3/h6-11H,4-5,12H2,1-3H3,(H,24,25). The highest BCUT2D eigenvalue weighted by Gasteiger charge is 2.12. The van der Waals surface area contributed by atoms with Gasteiger partial charge < -0.3 is 19.2 Å². The van der Waals surface area contributed by atoms with Gasteiger partial charge in [0.25, 0.3) is 5.91 Å². The highest BCUT2D eigenvalue weighted by atomic mass is 35.5. The zero-order chi connectivity index (χ0) is 21.0. The Morgan fingerprint density at radius 2 is 2.00 bits per heavy atom. The van der Waals surface area contributed by atoms with Crippen LogP contribution in [0.1, 0.15) is 24.5 Å². The number of nitrogens with one attached hydrogen (secondary N) is 1. The third-order valence-corrected chi connectivity index (χ3v) is 4.85. The summed E-state index contributed by atoms with van der Waals surface area (Å²) in [5.41, 5.74) is 2.30. The molecule has 3 rings (SSSR count). The molecule has 1 amide bonds. The van der Waals surface area contributed by atoms with Crippen LogP contribution in [0.25, 0.3) is 11.0 Å². The Hall–Kier alpha value is -2.99. The molecular formula is C22H22ClNO5. The monoisotopic (exact) mass is 415 g/mol. The number of carbonyl (C=O) groups excluding carboxylic acids is 1. The van der Waals surface area contributed by atoms with Crippen LogP contribution in [0.4, 0.5) is 5.69 Å². The fourth-order valence-corrected chi connectivity index (χ4v) is 3.19. The maximum absolute atomic E-state index is 12.3. The van der Waals surface area contributed by atoms with Crippen molar-refractivity contribution in [1.29, 1.82) is 0 Å². The molecule has 7 heteroatoms. The summed E-state index contributed by atoms with van der Waals surface area (Å²) in [4.78, 5) is 24.1. The molecule has 0 atom stereocenters. The van der Waals surface area contributed by atoms with Crippen LogP contribution in [0.2, 0.25) is 5.02 Å². The Morgan fingerprint density at radius 1 is 1.21 bits per heavy atom. The topological polar surface area (TPSA) is 77.8 Å². The third-order valence-electron chi connectivity index (χ3n) is 4.45. The van der Waals surface area contributed by atoms with E-state index in [2.05, 4.69) is 5.32 Å². The molecule has 0 aliphatic carbocycles. The van der Waals surface area contributed by atoms with Crippen LogP contribution in [0, 0.1) is 6.92 Å². The first-order valence-electron chi connectivity index (χ1n) is 9.24. The number of ether oxygens (including phenoxy) is 2. The van der Waals surface area contributed by atoms with Crippen LogP contribution >= 0.6 is 11.6 Å². The van der Waals surface area contributed by atoms with E-state index in [0.717, 1.165) is 29.4 Å². The van der Waals surface area contributed by atoms with Gasteiger partial charge in [0.2, 0.25) is 0 Å². The van der Waals surface area contributed by atoms with Gasteiger partial charge in [-0.15, -0.1) is 0 Å². The molecule has 0 saturated heterocycles. The number of anilines is 1. The number of rotatable bonds is 7. The molecule has 152 valence electrons. The van der Waals surface area contributed by atoms with Crippen LogP contribution in [0.15, 0.2) is 45.6 Å². The number of halogens is 1. The number of benzene rings is 2. The molecular weight excluding hydrogens is 394 g/mol. The van der Waals surface area contributed by atoms with E-state index in [-0.39, 0.29) is 12.5 Å². The molecule has 1 N–H and O–H groups in total. The number of aryl methyl sites for hydroxylation is 2. The van der Waals surface area contributed by atoms with Gasteiger partial charge in [0, 0.05) is 28.6 Å². The second-order valence-electron chi connectivity index (χ2n) is 6.64. The van der Waals surface area contributed by atoms with Crippen molar-refractivity contribution in [1.82, 2.24) is 0 Å². The molecule has 0 aliphatic rings. The van der Waals surface area contributed by atoms with Crippen molar-refractivity contribution in [2.24, 2.45) is 0 Å². The number of amides is 1. The Balaban J connectivity index is 1.73. The van der Waals surface area contributed by atoms with Gasteiger partial charge in [-0.2, -0.15) is 0 Å². The summed E-state index contributed by atoms with van der Waals surface area (Å²) in [5.74, 6) is 0.542. The fraction of sp³-hybridized carbons (Fsp3) is 0.273.